The van der Waals surface area contributed by atoms with Crippen LogP contribution in [0.5, 0.6) is 11.5 Å². The predicted octanol–water partition coefficient (Wildman–Crippen LogP) is 3.72. The van der Waals surface area contributed by atoms with E-state index < -0.39 is 6.10 Å². The van der Waals surface area contributed by atoms with Crippen LogP contribution >= 0.6 is 0 Å². The number of β-amino-alcohol motifs (C(OH)–C–C–N with tert-alkyl or cyclic N) is 1. The summed E-state index contributed by atoms with van der Waals surface area (Å²) in [6.07, 6.45) is 2.66. The Bertz CT molecular complexity index is 791. The molecule has 0 spiro atoms. The van der Waals surface area contributed by atoms with Gasteiger partial charge in [0, 0.05) is 17.6 Å². The third-order valence-electron chi connectivity index (χ3n) is 3.97. The van der Waals surface area contributed by atoms with E-state index in [1.54, 1.807) is 37.5 Å². The Kier molecular flexibility index (Phi) is 7.79. The SMILES string of the molecule is COc1ccc(/C=C/C(=O)c2cccc(OCC(O)CNC(C)(C)C)c2)cc1. The summed E-state index contributed by atoms with van der Waals surface area (Å²) in [4.78, 5) is 12.4. The van der Waals surface area contributed by atoms with Gasteiger partial charge in [-0.3, -0.25) is 4.79 Å². The van der Waals surface area contributed by atoms with Crippen molar-refractivity contribution in [3.05, 3.63) is 65.7 Å². The van der Waals surface area contributed by atoms with E-state index in [0.29, 0.717) is 17.9 Å². The number of nitrogens with one attached hydrogen (secondary N) is 1. The van der Waals surface area contributed by atoms with Crippen LogP contribution in [0.15, 0.2) is 54.6 Å². The summed E-state index contributed by atoms with van der Waals surface area (Å²) < 4.78 is 10.8. The van der Waals surface area contributed by atoms with Gasteiger partial charge in [-0.25, -0.2) is 0 Å². The van der Waals surface area contributed by atoms with Crippen LogP contribution in [0.3, 0.4) is 0 Å². The Labute approximate surface area is 167 Å². The molecule has 2 N–H and O–H groups in total. The molecule has 2 aromatic carbocycles. The van der Waals surface area contributed by atoms with E-state index in [0.717, 1.165) is 11.3 Å². The molecule has 0 amide bonds. The van der Waals surface area contributed by atoms with Gasteiger partial charge in [-0.2, -0.15) is 0 Å². The molecule has 2 aromatic rings. The van der Waals surface area contributed by atoms with Crippen molar-refractivity contribution in [2.45, 2.75) is 32.4 Å². The third kappa shape index (κ3) is 7.55. The van der Waals surface area contributed by atoms with Crippen LogP contribution in [0, 0.1) is 0 Å². The molecule has 28 heavy (non-hydrogen) atoms. The van der Waals surface area contributed by atoms with Crippen molar-refractivity contribution in [2.75, 3.05) is 20.3 Å². The van der Waals surface area contributed by atoms with E-state index >= 15 is 0 Å². The lowest BCUT2D eigenvalue weighted by Gasteiger charge is -2.23. The van der Waals surface area contributed by atoms with Gasteiger partial charge in [-0.1, -0.05) is 30.3 Å². The van der Waals surface area contributed by atoms with Crippen molar-refractivity contribution in [1.29, 1.82) is 0 Å². The molecule has 0 aliphatic rings. The second kappa shape index (κ2) is 10.1. The second-order valence-corrected chi connectivity index (χ2v) is 7.59. The Morgan fingerprint density at radius 3 is 2.50 bits per heavy atom. The van der Waals surface area contributed by atoms with Crippen LogP contribution in [0.2, 0.25) is 0 Å². The number of benzene rings is 2. The standard InChI is InChI=1S/C23H29NO4/c1-23(2,3)24-15-19(25)16-28-21-7-5-6-18(14-21)22(26)13-10-17-8-11-20(27-4)12-9-17/h5-14,19,24-25H,15-16H2,1-4H3/b13-10+. The number of allylic oxidation sites excluding steroid dienone is 1. The third-order valence-corrected chi connectivity index (χ3v) is 3.97. The van der Waals surface area contributed by atoms with E-state index in [1.807, 2.05) is 45.0 Å². The van der Waals surface area contributed by atoms with Crippen molar-refractivity contribution in [3.63, 3.8) is 0 Å². The van der Waals surface area contributed by atoms with E-state index in [9.17, 15) is 9.90 Å². The van der Waals surface area contributed by atoms with Crippen molar-refractivity contribution < 1.29 is 19.4 Å². The number of carbonyl (C=O) groups is 1. The van der Waals surface area contributed by atoms with Crippen molar-refractivity contribution in [2.24, 2.45) is 0 Å². The maximum Gasteiger partial charge on any atom is 0.185 e. The van der Waals surface area contributed by atoms with Crippen molar-refractivity contribution in [3.8, 4) is 11.5 Å². The smallest absolute Gasteiger partial charge is 0.185 e. The summed E-state index contributed by atoms with van der Waals surface area (Å²) in [7, 11) is 1.61. The van der Waals surface area contributed by atoms with Gasteiger partial charge in [0.2, 0.25) is 0 Å². The van der Waals surface area contributed by atoms with Crippen LogP contribution in [-0.4, -0.2) is 42.8 Å². The molecule has 0 bridgehead atoms. The van der Waals surface area contributed by atoms with Crippen LogP contribution in [0.4, 0.5) is 0 Å². The monoisotopic (exact) mass is 383 g/mol. The lowest BCUT2D eigenvalue weighted by molar-refractivity contribution is 0.0996. The van der Waals surface area contributed by atoms with Gasteiger partial charge >= 0.3 is 0 Å². The summed E-state index contributed by atoms with van der Waals surface area (Å²) in [6.45, 7) is 6.70. The van der Waals surface area contributed by atoms with Crippen molar-refractivity contribution >= 4 is 11.9 Å². The molecular formula is C23H29NO4. The van der Waals surface area contributed by atoms with Gasteiger partial charge in [0.1, 0.15) is 24.2 Å². The highest BCUT2D eigenvalue weighted by molar-refractivity contribution is 6.07. The summed E-state index contributed by atoms with van der Waals surface area (Å²) in [5.41, 5.74) is 1.38. The first kappa shape index (κ1) is 21.7. The molecule has 0 saturated carbocycles. The summed E-state index contributed by atoms with van der Waals surface area (Å²) in [5.74, 6) is 1.21. The van der Waals surface area contributed by atoms with Gasteiger partial charge in [-0.05, 0) is 56.7 Å². The fourth-order valence-corrected chi connectivity index (χ4v) is 2.40. The van der Waals surface area contributed by atoms with Gasteiger partial charge in [0.05, 0.1) is 7.11 Å². The minimum atomic E-state index is -0.631. The highest BCUT2D eigenvalue weighted by Gasteiger charge is 2.13. The molecule has 2 rings (SSSR count). The number of ether oxygens (including phenoxy) is 2. The van der Waals surface area contributed by atoms with Crippen LogP contribution in [0.1, 0.15) is 36.7 Å². The molecule has 1 atom stereocenters. The minimum Gasteiger partial charge on any atom is -0.497 e. The Morgan fingerprint density at radius 1 is 1.14 bits per heavy atom. The number of ketones is 1. The van der Waals surface area contributed by atoms with E-state index in [-0.39, 0.29) is 17.9 Å². The number of aliphatic hydroxyl groups excluding tert-OH is 1. The first-order chi connectivity index (χ1) is 13.3. The first-order valence-corrected chi connectivity index (χ1v) is 9.29. The summed E-state index contributed by atoms with van der Waals surface area (Å²) >= 11 is 0. The lowest BCUT2D eigenvalue weighted by atomic mass is 10.1. The number of rotatable bonds is 9. The Balaban J connectivity index is 1.92. The largest absolute Gasteiger partial charge is 0.497 e. The number of aliphatic hydroxyl groups is 1. The van der Waals surface area contributed by atoms with E-state index in [2.05, 4.69) is 5.32 Å². The normalized spacial score (nSPS) is 12.8. The maximum atomic E-state index is 12.4. The molecule has 150 valence electrons. The molecule has 0 saturated heterocycles. The molecule has 0 aromatic heterocycles. The fraction of sp³-hybridized carbons (Fsp3) is 0.348. The topological polar surface area (TPSA) is 67.8 Å². The van der Waals surface area contributed by atoms with Crippen LogP contribution in [0.25, 0.3) is 6.08 Å². The maximum absolute atomic E-state index is 12.4. The second-order valence-electron chi connectivity index (χ2n) is 7.59. The highest BCUT2D eigenvalue weighted by atomic mass is 16.5. The molecule has 0 fully saturated rings. The molecule has 0 aliphatic heterocycles. The summed E-state index contributed by atoms with van der Waals surface area (Å²) in [6, 6.07) is 14.4. The molecule has 0 radical (unpaired) electrons. The minimum absolute atomic E-state index is 0.0659. The molecule has 5 nitrogen and oxygen atoms in total. The van der Waals surface area contributed by atoms with Crippen LogP contribution < -0.4 is 14.8 Å². The highest BCUT2D eigenvalue weighted by Crippen LogP contribution is 2.16. The number of hydrogen-bond donors (Lipinski definition) is 2. The zero-order valence-electron chi connectivity index (χ0n) is 16.9. The van der Waals surface area contributed by atoms with Gasteiger partial charge in [0.15, 0.2) is 5.78 Å². The van der Waals surface area contributed by atoms with Gasteiger partial charge in [-0.15, -0.1) is 0 Å². The molecule has 0 aliphatic carbocycles. The van der Waals surface area contributed by atoms with Crippen molar-refractivity contribution in [1.82, 2.24) is 5.32 Å². The summed E-state index contributed by atoms with van der Waals surface area (Å²) in [5, 5.41) is 13.3. The average Bonchev–Trinajstić information content (AvgIpc) is 2.69. The number of methoxy groups -OCH3 is 1. The molecule has 5 heteroatoms. The predicted molar refractivity (Wildman–Crippen MR) is 112 cm³/mol. The lowest BCUT2D eigenvalue weighted by Crippen LogP contribution is -2.42. The first-order valence-electron chi connectivity index (χ1n) is 9.29. The average molecular weight is 383 g/mol. The van der Waals surface area contributed by atoms with Crippen LogP contribution in [-0.2, 0) is 0 Å². The van der Waals surface area contributed by atoms with Gasteiger partial charge < -0.3 is 19.9 Å². The van der Waals surface area contributed by atoms with E-state index in [4.69, 9.17) is 9.47 Å². The molecule has 1 unspecified atom stereocenters. The molecular weight excluding hydrogens is 354 g/mol. The quantitative estimate of drug-likeness (QED) is 0.510. The Morgan fingerprint density at radius 2 is 1.86 bits per heavy atom. The Hall–Kier alpha value is -2.63. The molecule has 0 heterocycles. The number of carbonyl (C=O) groups excluding carboxylic acids is 1. The van der Waals surface area contributed by atoms with E-state index in [1.165, 1.54) is 6.08 Å². The zero-order chi connectivity index (χ0) is 20.6. The van der Waals surface area contributed by atoms with Gasteiger partial charge in [0.25, 0.3) is 0 Å². The number of hydrogen-bond acceptors (Lipinski definition) is 5. The fourth-order valence-electron chi connectivity index (χ4n) is 2.40. The zero-order valence-corrected chi connectivity index (χ0v) is 16.9.